The van der Waals surface area contributed by atoms with E-state index in [1.807, 2.05) is 36.4 Å². The molecular weight excluding hydrogens is 200 g/mol. The highest BCUT2D eigenvalue weighted by Gasteiger charge is 2.30. The lowest BCUT2D eigenvalue weighted by Crippen LogP contribution is -2.31. The largest absolute Gasteiger partial charge is 0.388 e. The summed E-state index contributed by atoms with van der Waals surface area (Å²) in [7, 11) is -1.40. The lowest BCUT2D eigenvalue weighted by Gasteiger charge is -2.30. The molecule has 1 aromatic rings. The van der Waals surface area contributed by atoms with E-state index in [1.165, 1.54) is 0 Å². The molecule has 0 saturated carbocycles. The van der Waals surface area contributed by atoms with Gasteiger partial charge in [0.05, 0.1) is 14.2 Å². The molecule has 2 atom stereocenters. The molecular formula is C13H20OSi. The van der Waals surface area contributed by atoms with Crippen molar-refractivity contribution >= 4 is 8.07 Å². The minimum absolute atomic E-state index is 0.208. The second-order valence-corrected chi connectivity index (χ2v) is 10.4. The molecule has 0 saturated heterocycles. The number of aliphatic hydroxyl groups is 1. The quantitative estimate of drug-likeness (QED) is 0.607. The van der Waals surface area contributed by atoms with Crippen LogP contribution in [0.25, 0.3) is 0 Å². The van der Waals surface area contributed by atoms with Crippen LogP contribution in [0.15, 0.2) is 43.0 Å². The summed E-state index contributed by atoms with van der Waals surface area (Å²) in [5.74, 6) is 0. The second kappa shape index (κ2) is 4.77. The highest BCUT2D eigenvalue weighted by Crippen LogP contribution is 2.35. The minimum Gasteiger partial charge on any atom is -0.388 e. The van der Waals surface area contributed by atoms with Crippen LogP contribution in [0.2, 0.25) is 25.2 Å². The molecule has 0 radical (unpaired) electrons. The standard InChI is InChI=1S/C13H20OSi/c1-5-12(15(2,3)4)13(14)11-9-7-6-8-10-11/h5-10,12-14H,1H2,2-4H3. The van der Waals surface area contributed by atoms with Gasteiger partial charge in [0.25, 0.3) is 0 Å². The zero-order valence-corrected chi connectivity index (χ0v) is 10.8. The van der Waals surface area contributed by atoms with Crippen LogP contribution in [0.4, 0.5) is 0 Å². The van der Waals surface area contributed by atoms with E-state index in [2.05, 4.69) is 26.2 Å². The molecule has 0 aliphatic rings. The number of aliphatic hydroxyl groups excluding tert-OH is 1. The van der Waals surface area contributed by atoms with E-state index < -0.39 is 14.2 Å². The molecule has 1 aromatic carbocycles. The fraction of sp³-hybridized carbons (Fsp3) is 0.385. The summed E-state index contributed by atoms with van der Waals surface area (Å²) < 4.78 is 0. The van der Waals surface area contributed by atoms with Gasteiger partial charge in [0.1, 0.15) is 0 Å². The van der Waals surface area contributed by atoms with Gasteiger partial charge in [-0.1, -0.05) is 56.0 Å². The van der Waals surface area contributed by atoms with Crippen LogP contribution in [0.1, 0.15) is 11.7 Å². The fourth-order valence-electron chi connectivity index (χ4n) is 1.81. The third kappa shape index (κ3) is 3.04. The highest BCUT2D eigenvalue weighted by molar-refractivity contribution is 6.78. The summed E-state index contributed by atoms with van der Waals surface area (Å²) in [6.45, 7) is 10.6. The molecule has 2 unspecified atom stereocenters. The second-order valence-electron chi connectivity index (χ2n) is 4.98. The normalized spacial score (nSPS) is 15.7. The molecule has 0 amide bonds. The Balaban J connectivity index is 2.92. The van der Waals surface area contributed by atoms with Gasteiger partial charge in [0, 0.05) is 5.54 Å². The van der Waals surface area contributed by atoms with Gasteiger partial charge in [0.15, 0.2) is 0 Å². The van der Waals surface area contributed by atoms with E-state index in [0.29, 0.717) is 0 Å². The maximum absolute atomic E-state index is 10.3. The predicted molar refractivity (Wildman–Crippen MR) is 68.7 cm³/mol. The third-order valence-corrected chi connectivity index (χ3v) is 5.29. The predicted octanol–water partition coefficient (Wildman–Crippen LogP) is 3.61. The van der Waals surface area contributed by atoms with Crippen molar-refractivity contribution in [2.45, 2.75) is 31.3 Å². The van der Waals surface area contributed by atoms with Gasteiger partial charge in [-0.25, -0.2) is 0 Å². The smallest absolute Gasteiger partial charge is 0.0828 e. The highest BCUT2D eigenvalue weighted by atomic mass is 28.3. The number of rotatable bonds is 4. The molecule has 15 heavy (non-hydrogen) atoms. The van der Waals surface area contributed by atoms with Crippen molar-refractivity contribution in [1.82, 2.24) is 0 Å². The van der Waals surface area contributed by atoms with Gasteiger partial charge in [0.2, 0.25) is 0 Å². The average molecular weight is 220 g/mol. The lowest BCUT2D eigenvalue weighted by atomic mass is 10.1. The van der Waals surface area contributed by atoms with Gasteiger partial charge >= 0.3 is 0 Å². The fourth-order valence-corrected chi connectivity index (χ4v) is 3.66. The van der Waals surface area contributed by atoms with E-state index in [1.54, 1.807) is 0 Å². The van der Waals surface area contributed by atoms with Crippen molar-refractivity contribution < 1.29 is 5.11 Å². The van der Waals surface area contributed by atoms with Crippen molar-refractivity contribution in [2.24, 2.45) is 0 Å². The molecule has 0 aliphatic carbocycles. The topological polar surface area (TPSA) is 20.2 Å². The van der Waals surface area contributed by atoms with Crippen LogP contribution >= 0.6 is 0 Å². The molecule has 1 rings (SSSR count). The van der Waals surface area contributed by atoms with Crippen molar-refractivity contribution in [3.05, 3.63) is 48.6 Å². The van der Waals surface area contributed by atoms with Crippen LogP contribution < -0.4 is 0 Å². The zero-order valence-electron chi connectivity index (χ0n) is 9.77. The zero-order chi connectivity index (χ0) is 11.5. The summed E-state index contributed by atoms with van der Waals surface area (Å²) in [5, 5.41) is 10.3. The maximum atomic E-state index is 10.3. The molecule has 0 fully saturated rings. The first-order valence-corrected chi connectivity index (χ1v) is 8.90. The van der Waals surface area contributed by atoms with Crippen LogP contribution in [-0.4, -0.2) is 13.2 Å². The number of hydrogen-bond donors (Lipinski definition) is 1. The summed E-state index contributed by atoms with van der Waals surface area (Å²) in [6, 6.07) is 9.84. The third-order valence-electron chi connectivity index (χ3n) is 2.74. The van der Waals surface area contributed by atoms with Crippen molar-refractivity contribution in [2.75, 3.05) is 0 Å². The van der Waals surface area contributed by atoms with Gasteiger partial charge in [-0.3, -0.25) is 0 Å². The van der Waals surface area contributed by atoms with Crippen LogP contribution in [0.3, 0.4) is 0 Å². The molecule has 0 aromatic heterocycles. The van der Waals surface area contributed by atoms with E-state index in [9.17, 15) is 5.11 Å². The van der Waals surface area contributed by atoms with E-state index >= 15 is 0 Å². The van der Waals surface area contributed by atoms with E-state index in [4.69, 9.17) is 0 Å². The molecule has 1 nitrogen and oxygen atoms in total. The van der Waals surface area contributed by atoms with Crippen molar-refractivity contribution in [3.63, 3.8) is 0 Å². The van der Waals surface area contributed by atoms with Crippen molar-refractivity contribution in [1.29, 1.82) is 0 Å². The Bertz CT molecular complexity index is 313. The monoisotopic (exact) mass is 220 g/mol. The summed E-state index contributed by atoms with van der Waals surface area (Å²) in [6.07, 6.45) is 1.50. The Labute approximate surface area is 93.5 Å². The van der Waals surface area contributed by atoms with Crippen molar-refractivity contribution in [3.8, 4) is 0 Å². The molecule has 2 heteroatoms. The van der Waals surface area contributed by atoms with Gasteiger partial charge in [-0.15, -0.1) is 6.58 Å². The SMILES string of the molecule is C=CC(C(O)c1ccccc1)[Si](C)(C)C. The summed E-state index contributed by atoms with van der Waals surface area (Å²) >= 11 is 0. The number of hydrogen-bond acceptors (Lipinski definition) is 1. The Hall–Kier alpha value is -0.863. The maximum Gasteiger partial charge on any atom is 0.0828 e. The van der Waals surface area contributed by atoms with Gasteiger partial charge < -0.3 is 5.11 Å². The Kier molecular flexibility index (Phi) is 3.88. The molecule has 0 heterocycles. The molecule has 0 aliphatic heterocycles. The summed E-state index contributed by atoms with van der Waals surface area (Å²) in [4.78, 5) is 0. The first-order chi connectivity index (χ1) is 6.96. The molecule has 0 bridgehead atoms. The minimum atomic E-state index is -1.40. The van der Waals surface area contributed by atoms with Crippen LogP contribution in [-0.2, 0) is 0 Å². The Morgan fingerprint density at radius 3 is 2.13 bits per heavy atom. The molecule has 0 spiro atoms. The van der Waals surface area contributed by atoms with Crippen LogP contribution in [0, 0.1) is 0 Å². The van der Waals surface area contributed by atoms with Gasteiger partial charge in [-0.2, -0.15) is 0 Å². The van der Waals surface area contributed by atoms with Gasteiger partial charge in [-0.05, 0) is 5.56 Å². The van der Waals surface area contributed by atoms with E-state index in [-0.39, 0.29) is 5.54 Å². The average Bonchev–Trinajstić information content (AvgIpc) is 2.18. The van der Waals surface area contributed by atoms with Crippen LogP contribution in [0.5, 0.6) is 0 Å². The number of benzene rings is 1. The molecule has 82 valence electrons. The Morgan fingerprint density at radius 1 is 1.20 bits per heavy atom. The first-order valence-electron chi connectivity index (χ1n) is 5.32. The van der Waals surface area contributed by atoms with E-state index in [0.717, 1.165) is 5.56 Å². The lowest BCUT2D eigenvalue weighted by molar-refractivity contribution is 0.179. The Morgan fingerprint density at radius 2 is 1.73 bits per heavy atom. The first kappa shape index (κ1) is 12.2. The summed E-state index contributed by atoms with van der Waals surface area (Å²) in [5.41, 5.74) is 1.20. The molecule has 1 N–H and O–H groups in total.